The normalized spacial score (nSPS) is 18.8. The molecule has 2 aromatic carbocycles. The summed E-state index contributed by atoms with van der Waals surface area (Å²) in [6.45, 7) is 7.77. The summed E-state index contributed by atoms with van der Waals surface area (Å²) in [5.41, 5.74) is 1.61. The summed E-state index contributed by atoms with van der Waals surface area (Å²) >= 11 is 0. The number of para-hydroxylation sites is 1. The van der Waals surface area contributed by atoms with E-state index in [2.05, 4.69) is 39.0 Å². The van der Waals surface area contributed by atoms with Gasteiger partial charge < -0.3 is 20.1 Å². The van der Waals surface area contributed by atoms with Crippen LogP contribution in [0.2, 0.25) is 0 Å². The number of imidazole rings is 1. The molecule has 1 amide bonds. The van der Waals surface area contributed by atoms with Crippen molar-refractivity contribution >= 4 is 28.3 Å². The lowest BCUT2D eigenvalue weighted by atomic mass is 10.0. The molecule has 2 N–H and O–H groups in total. The molecule has 11 heteroatoms. The smallest absolute Gasteiger partial charge is 0.276 e. The van der Waals surface area contributed by atoms with Crippen LogP contribution in [0.1, 0.15) is 36.1 Å². The van der Waals surface area contributed by atoms with Gasteiger partial charge in [0.05, 0.1) is 16.9 Å². The van der Waals surface area contributed by atoms with Crippen molar-refractivity contribution in [2.24, 2.45) is 18.9 Å². The van der Waals surface area contributed by atoms with E-state index < -0.39 is 28.8 Å². The number of halogens is 2. The molecule has 202 valence electrons. The average molecular weight is 534 g/mol. The van der Waals surface area contributed by atoms with Gasteiger partial charge in [-0.25, -0.2) is 13.8 Å². The van der Waals surface area contributed by atoms with Crippen molar-refractivity contribution < 1.29 is 13.6 Å². The number of aromatic nitrogens is 4. The van der Waals surface area contributed by atoms with Gasteiger partial charge in [0, 0.05) is 45.2 Å². The second-order valence-electron chi connectivity index (χ2n) is 10.6. The second kappa shape index (κ2) is 9.57. The van der Waals surface area contributed by atoms with Crippen LogP contribution in [0.5, 0.6) is 0 Å². The Bertz CT molecular complexity index is 1630. The topological polar surface area (TPSA) is 97.1 Å². The highest BCUT2D eigenvalue weighted by Gasteiger charge is 2.38. The molecule has 39 heavy (non-hydrogen) atoms. The minimum absolute atomic E-state index is 0.158. The van der Waals surface area contributed by atoms with Crippen molar-refractivity contribution in [1.29, 1.82) is 0 Å². The first-order chi connectivity index (χ1) is 18.7. The second-order valence-corrected chi connectivity index (χ2v) is 10.6. The minimum Gasteiger partial charge on any atom is -0.367 e. The Labute approximate surface area is 223 Å². The lowest BCUT2D eigenvalue weighted by Crippen LogP contribution is -2.28. The van der Waals surface area contributed by atoms with Crippen LogP contribution in [0.3, 0.4) is 0 Å². The third-order valence-electron chi connectivity index (χ3n) is 7.71. The van der Waals surface area contributed by atoms with Crippen molar-refractivity contribution in [3.63, 3.8) is 0 Å². The van der Waals surface area contributed by atoms with Gasteiger partial charge >= 0.3 is 0 Å². The van der Waals surface area contributed by atoms with Crippen LogP contribution >= 0.6 is 0 Å². The molecule has 2 atom stereocenters. The molecule has 2 aromatic heterocycles. The summed E-state index contributed by atoms with van der Waals surface area (Å²) in [6.07, 6.45) is 0. The largest absolute Gasteiger partial charge is 0.367 e. The Morgan fingerprint density at radius 3 is 2.38 bits per heavy atom. The van der Waals surface area contributed by atoms with E-state index in [0.717, 1.165) is 66.9 Å². The molecular formula is C28H29F2N7O2. The first kappa shape index (κ1) is 25.2. The van der Waals surface area contributed by atoms with Gasteiger partial charge in [-0.1, -0.05) is 19.9 Å². The summed E-state index contributed by atoms with van der Waals surface area (Å²) in [6, 6.07) is 9.34. The summed E-state index contributed by atoms with van der Waals surface area (Å²) in [5, 5.41) is 10.4. The van der Waals surface area contributed by atoms with Crippen LogP contribution in [-0.4, -0.2) is 51.4 Å². The standard InChI is InChI=1S/C28H29F2N7O2/c1-15(2)27-33-24-22(35(27)3)9-7-20(26(24)36-13-16-11-31-12-17(16)14-36)32-28(39)21-8-10-23(38)37(34-21)25-18(29)5-4-6-19(25)30/h4-10,15-17,31H,11-14H2,1-3H3,(H,32,39)/t16-,17+. The fourth-order valence-corrected chi connectivity index (χ4v) is 5.81. The molecule has 4 heterocycles. The molecule has 6 rings (SSSR count). The highest BCUT2D eigenvalue weighted by atomic mass is 19.1. The number of benzene rings is 2. The van der Waals surface area contributed by atoms with Crippen LogP contribution in [0.25, 0.3) is 16.7 Å². The fraction of sp³-hybridized carbons (Fsp3) is 0.357. The molecule has 2 saturated heterocycles. The molecule has 2 aliphatic heterocycles. The molecule has 0 unspecified atom stereocenters. The number of anilines is 2. The quantitative estimate of drug-likeness (QED) is 0.408. The molecule has 0 aliphatic carbocycles. The first-order valence-electron chi connectivity index (χ1n) is 13.0. The van der Waals surface area contributed by atoms with Crippen LogP contribution < -0.4 is 21.1 Å². The molecule has 0 bridgehead atoms. The molecule has 0 spiro atoms. The van der Waals surface area contributed by atoms with Crippen molar-refractivity contribution in [3.05, 3.63) is 76.0 Å². The van der Waals surface area contributed by atoms with Crippen LogP contribution in [0.4, 0.5) is 20.2 Å². The Hall–Kier alpha value is -4.12. The molecule has 0 saturated carbocycles. The van der Waals surface area contributed by atoms with Gasteiger partial charge in [0.1, 0.15) is 22.7 Å². The minimum atomic E-state index is -0.958. The van der Waals surface area contributed by atoms with Crippen molar-refractivity contribution in [2.75, 3.05) is 36.4 Å². The maximum absolute atomic E-state index is 14.4. The first-order valence-corrected chi connectivity index (χ1v) is 13.0. The lowest BCUT2D eigenvalue weighted by molar-refractivity contribution is 0.102. The summed E-state index contributed by atoms with van der Waals surface area (Å²) in [4.78, 5) is 33.1. The number of rotatable bonds is 5. The molecule has 4 aromatic rings. The van der Waals surface area contributed by atoms with Gasteiger partial charge in [0.15, 0.2) is 11.6 Å². The zero-order chi connectivity index (χ0) is 27.4. The number of carbonyl (C=O) groups excluding carboxylic acids is 1. The monoisotopic (exact) mass is 533 g/mol. The number of fused-ring (bicyclic) bond motifs is 2. The fourth-order valence-electron chi connectivity index (χ4n) is 5.81. The SMILES string of the molecule is CC(C)c1nc2c(N3C[C@H]4CNC[C@H]4C3)c(NC(=O)c3ccc(=O)n(-c4c(F)cccc4F)n3)ccc2n1C. The Balaban J connectivity index is 1.41. The van der Waals surface area contributed by atoms with E-state index in [-0.39, 0.29) is 11.6 Å². The van der Waals surface area contributed by atoms with E-state index in [4.69, 9.17) is 4.98 Å². The Morgan fingerprint density at radius 1 is 1.03 bits per heavy atom. The van der Waals surface area contributed by atoms with Crippen LogP contribution in [-0.2, 0) is 7.05 Å². The predicted octanol–water partition coefficient (Wildman–Crippen LogP) is 3.43. The third kappa shape index (κ3) is 4.26. The number of nitrogens with zero attached hydrogens (tertiary/aromatic N) is 5. The molecule has 9 nitrogen and oxygen atoms in total. The maximum atomic E-state index is 14.4. The number of nitrogens with one attached hydrogen (secondary N) is 2. The molecule has 2 aliphatic rings. The van der Waals surface area contributed by atoms with E-state index in [1.54, 1.807) is 0 Å². The molecular weight excluding hydrogens is 504 g/mol. The van der Waals surface area contributed by atoms with Gasteiger partial charge in [0.2, 0.25) is 0 Å². The molecule has 2 fully saturated rings. The van der Waals surface area contributed by atoms with Crippen LogP contribution in [0, 0.1) is 23.5 Å². The van der Waals surface area contributed by atoms with Gasteiger partial charge in [-0.05, 0) is 42.2 Å². The number of aryl methyl sites for hydroxylation is 1. The number of hydrogen-bond acceptors (Lipinski definition) is 6. The Morgan fingerprint density at radius 2 is 1.72 bits per heavy atom. The zero-order valence-corrected chi connectivity index (χ0v) is 21.9. The third-order valence-corrected chi connectivity index (χ3v) is 7.71. The van der Waals surface area contributed by atoms with E-state index in [9.17, 15) is 18.4 Å². The lowest BCUT2D eigenvalue weighted by Gasteiger charge is -2.24. The van der Waals surface area contributed by atoms with E-state index >= 15 is 0 Å². The summed E-state index contributed by atoms with van der Waals surface area (Å²) in [5.74, 6) is -0.353. The highest BCUT2D eigenvalue weighted by Crippen LogP contribution is 2.40. The number of hydrogen-bond donors (Lipinski definition) is 2. The van der Waals surface area contributed by atoms with Crippen molar-refractivity contribution in [3.8, 4) is 5.69 Å². The van der Waals surface area contributed by atoms with E-state index in [1.165, 1.54) is 12.1 Å². The van der Waals surface area contributed by atoms with E-state index in [0.29, 0.717) is 22.2 Å². The van der Waals surface area contributed by atoms with Gasteiger partial charge in [-0.3, -0.25) is 9.59 Å². The zero-order valence-electron chi connectivity index (χ0n) is 21.9. The highest BCUT2D eigenvalue weighted by molar-refractivity contribution is 6.08. The van der Waals surface area contributed by atoms with Gasteiger partial charge in [-0.2, -0.15) is 9.78 Å². The predicted molar refractivity (Wildman–Crippen MR) is 145 cm³/mol. The number of carbonyl (C=O) groups is 1. The average Bonchev–Trinajstić information content (AvgIpc) is 3.59. The maximum Gasteiger partial charge on any atom is 0.276 e. The Kier molecular flexibility index (Phi) is 6.17. The van der Waals surface area contributed by atoms with Gasteiger partial charge in [-0.15, -0.1) is 0 Å². The number of amides is 1. The molecule has 0 radical (unpaired) electrons. The summed E-state index contributed by atoms with van der Waals surface area (Å²) < 4.78 is 31.5. The van der Waals surface area contributed by atoms with Crippen molar-refractivity contribution in [2.45, 2.75) is 19.8 Å². The van der Waals surface area contributed by atoms with Crippen molar-refractivity contribution in [1.82, 2.24) is 24.6 Å². The van der Waals surface area contributed by atoms with Crippen LogP contribution in [0.15, 0.2) is 47.3 Å². The van der Waals surface area contributed by atoms with Gasteiger partial charge in [0.25, 0.3) is 11.5 Å². The van der Waals surface area contributed by atoms with E-state index in [1.807, 2.05) is 19.2 Å². The summed E-state index contributed by atoms with van der Waals surface area (Å²) in [7, 11) is 1.99.